The first kappa shape index (κ1) is 14.0. The van der Waals surface area contributed by atoms with Gasteiger partial charge in [-0.3, -0.25) is 0 Å². The maximum atomic E-state index is 13.7. The molecular formula is C15H18F2O2. The van der Waals surface area contributed by atoms with Crippen molar-refractivity contribution in [3.05, 3.63) is 41.2 Å². The van der Waals surface area contributed by atoms with Crippen LogP contribution in [-0.2, 0) is 9.47 Å². The van der Waals surface area contributed by atoms with Gasteiger partial charge in [0.25, 0.3) is 0 Å². The van der Waals surface area contributed by atoms with Crippen molar-refractivity contribution in [3.63, 3.8) is 0 Å². The minimum atomic E-state index is -0.580. The van der Waals surface area contributed by atoms with E-state index < -0.39 is 11.6 Å². The van der Waals surface area contributed by atoms with E-state index in [-0.39, 0.29) is 6.29 Å². The van der Waals surface area contributed by atoms with E-state index in [0.29, 0.717) is 23.5 Å². The van der Waals surface area contributed by atoms with Gasteiger partial charge in [-0.1, -0.05) is 0 Å². The van der Waals surface area contributed by atoms with E-state index in [2.05, 4.69) is 0 Å². The first-order chi connectivity index (χ1) is 9.08. The van der Waals surface area contributed by atoms with Gasteiger partial charge in [-0.25, -0.2) is 8.78 Å². The van der Waals surface area contributed by atoms with Gasteiger partial charge in [0.2, 0.25) is 0 Å². The van der Waals surface area contributed by atoms with Gasteiger partial charge in [-0.2, -0.15) is 0 Å². The Morgan fingerprint density at radius 1 is 1.26 bits per heavy atom. The number of allylic oxidation sites excluding steroid dienone is 2. The molecule has 1 aliphatic heterocycles. The summed E-state index contributed by atoms with van der Waals surface area (Å²) < 4.78 is 37.7. The average Bonchev–Trinajstić information content (AvgIpc) is 2.39. The molecule has 1 fully saturated rings. The smallest absolute Gasteiger partial charge is 0.199 e. The fraction of sp³-hybridized carbons (Fsp3) is 0.467. The molecule has 1 heterocycles. The lowest BCUT2D eigenvalue weighted by molar-refractivity contribution is -0.137. The van der Waals surface area contributed by atoms with Crippen molar-refractivity contribution in [2.75, 3.05) is 6.61 Å². The lowest BCUT2D eigenvalue weighted by Crippen LogP contribution is -2.21. The molecule has 1 aromatic carbocycles. The molecule has 1 atom stereocenters. The summed E-state index contributed by atoms with van der Waals surface area (Å²) >= 11 is 0. The predicted octanol–water partition coefficient (Wildman–Crippen LogP) is 4.26. The summed E-state index contributed by atoms with van der Waals surface area (Å²) in [4.78, 5) is 0. The molecule has 0 saturated carbocycles. The first-order valence-corrected chi connectivity index (χ1v) is 6.49. The Labute approximate surface area is 112 Å². The number of halogens is 2. The van der Waals surface area contributed by atoms with E-state index in [4.69, 9.17) is 9.47 Å². The van der Waals surface area contributed by atoms with Gasteiger partial charge in [0, 0.05) is 18.1 Å². The maximum absolute atomic E-state index is 13.7. The Bertz CT molecular complexity index is 477. The molecule has 0 bridgehead atoms. The van der Waals surface area contributed by atoms with E-state index in [0.717, 1.165) is 25.3 Å². The number of hydrogen-bond acceptors (Lipinski definition) is 2. The van der Waals surface area contributed by atoms with Crippen molar-refractivity contribution in [1.82, 2.24) is 0 Å². The second-order valence-corrected chi connectivity index (χ2v) is 4.72. The second kappa shape index (κ2) is 6.15. The highest BCUT2D eigenvalue weighted by atomic mass is 19.1. The van der Waals surface area contributed by atoms with E-state index in [1.807, 2.05) is 0 Å². The number of ether oxygens (including phenoxy) is 2. The molecule has 0 spiro atoms. The molecule has 1 aliphatic rings. The summed E-state index contributed by atoms with van der Waals surface area (Å²) in [5, 5.41) is 0. The summed E-state index contributed by atoms with van der Waals surface area (Å²) in [5.74, 6) is -0.550. The summed E-state index contributed by atoms with van der Waals surface area (Å²) in [7, 11) is 0. The Hall–Kier alpha value is -1.42. The first-order valence-electron chi connectivity index (χ1n) is 6.49. The highest BCUT2D eigenvalue weighted by Gasteiger charge is 2.17. The van der Waals surface area contributed by atoms with Gasteiger partial charge in [-0.05, 0) is 44.4 Å². The van der Waals surface area contributed by atoms with Crippen LogP contribution >= 0.6 is 0 Å². The van der Waals surface area contributed by atoms with Gasteiger partial charge >= 0.3 is 0 Å². The molecule has 1 aromatic rings. The molecule has 19 heavy (non-hydrogen) atoms. The van der Waals surface area contributed by atoms with Crippen LogP contribution in [0.25, 0.3) is 5.57 Å². The fourth-order valence-corrected chi connectivity index (χ4v) is 2.07. The van der Waals surface area contributed by atoms with Gasteiger partial charge in [0.1, 0.15) is 17.4 Å². The van der Waals surface area contributed by atoms with Gasteiger partial charge < -0.3 is 9.47 Å². The zero-order valence-electron chi connectivity index (χ0n) is 11.2. The Kier molecular flexibility index (Phi) is 4.53. The number of benzene rings is 1. The van der Waals surface area contributed by atoms with Crippen molar-refractivity contribution in [2.24, 2.45) is 0 Å². The summed E-state index contributed by atoms with van der Waals surface area (Å²) in [5.41, 5.74) is 1.02. The summed E-state index contributed by atoms with van der Waals surface area (Å²) in [6, 6.07) is 3.55. The molecule has 2 rings (SSSR count). The van der Waals surface area contributed by atoms with E-state index >= 15 is 0 Å². The second-order valence-electron chi connectivity index (χ2n) is 4.72. The highest BCUT2D eigenvalue weighted by Crippen LogP contribution is 2.25. The summed E-state index contributed by atoms with van der Waals surface area (Å²) in [6.45, 7) is 4.23. The van der Waals surface area contributed by atoms with Crippen molar-refractivity contribution in [1.29, 1.82) is 0 Å². The minimum Gasteiger partial charge on any atom is -0.469 e. The standard InChI is InChI=1S/C15H18F2O2/c1-10(13-7-6-12(16)9-14(13)17)11(2)19-15-5-3-4-8-18-15/h6-7,9,15H,3-5,8H2,1-2H3. The van der Waals surface area contributed by atoms with Crippen molar-refractivity contribution in [2.45, 2.75) is 39.4 Å². The van der Waals surface area contributed by atoms with Crippen LogP contribution < -0.4 is 0 Å². The van der Waals surface area contributed by atoms with Crippen LogP contribution in [-0.4, -0.2) is 12.9 Å². The highest BCUT2D eigenvalue weighted by molar-refractivity contribution is 5.65. The third kappa shape index (κ3) is 3.53. The maximum Gasteiger partial charge on any atom is 0.199 e. The van der Waals surface area contributed by atoms with Crippen LogP contribution in [0.5, 0.6) is 0 Å². The van der Waals surface area contributed by atoms with Crippen LogP contribution in [0.1, 0.15) is 38.7 Å². The van der Waals surface area contributed by atoms with E-state index in [1.54, 1.807) is 13.8 Å². The Morgan fingerprint density at radius 3 is 2.68 bits per heavy atom. The van der Waals surface area contributed by atoms with Crippen LogP contribution in [0.15, 0.2) is 24.0 Å². The molecule has 2 nitrogen and oxygen atoms in total. The molecule has 0 aliphatic carbocycles. The largest absolute Gasteiger partial charge is 0.469 e. The topological polar surface area (TPSA) is 18.5 Å². The SMILES string of the molecule is CC(OC1CCCCO1)=C(C)c1ccc(F)cc1F. The molecule has 0 aromatic heterocycles. The third-order valence-corrected chi connectivity index (χ3v) is 3.31. The third-order valence-electron chi connectivity index (χ3n) is 3.31. The average molecular weight is 268 g/mol. The molecule has 4 heteroatoms. The molecule has 1 saturated heterocycles. The quantitative estimate of drug-likeness (QED) is 0.763. The van der Waals surface area contributed by atoms with Crippen molar-refractivity contribution >= 4 is 5.57 Å². The molecule has 0 N–H and O–H groups in total. The molecular weight excluding hydrogens is 250 g/mol. The van der Waals surface area contributed by atoms with Gasteiger partial charge in [-0.15, -0.1) is 0 Å². The molecule has 104 valence electrons. The van der Waals surface area contributed by atoms with Crippen LogP contribution in [0, 0.1) is 11.6 Å². The monoisotopic (exact) mass is 268 g/mol. The molecule has 1 unspecified atom stereocenters. The van der Waals surface area contributed by atoms with E-state index in [1.165, 1.54) is 12.1 Å². The normalized spacial score (nSPS) is 20.9. The lowest BCUT2D eigenvalue weighted by Gasteiger charge is -2.24. The summed E-state index contributed by atoms with van der Waals surface area (Å²) in [6.07, 6.45) is 2.71. The van der Waals surface area contributed by atoms with Gasteiger partial charge in [0.15, 0.2) is 6.29 Å². The minimum absolute atomic E-state index is 0.257. The van der Waals surface area contributed by atoms with Crippen LogP contribution in [0.3, 0.4) is 0 Å². The Balaban J connectivity index is 2.14. The van der Waals surface area contributed by atoms with Gasteiger partial charge in [0.05, 0.1) is 6.61 Å². The molecule has 0 amide bonds. The fourth-order valence-electron chi connectivity index (χ4n) is 2.07. The van der Waals surface area contributed by atoms with Crippen molar-refractivity contribution in [3.8, 4) is 0 Å². The Morgan fingerprint density at radius 2 is 2.05 bits per heavy atom. The van der Waals surface area contributed by atoms with Crippen LogP contribution in [0.2, 0.25) is 0 Å². The zero-order valence-corrected chi connectivity index (χ0v) is 11.2. The number of rotatable bonds is 3. The van der Waals surface area contributed by atoms with E-state index in [9.17, 15) is 8.78 Å². The lowest BCUT2D eigenvalue weighted by atomic mass is 10.1. The van der Waals surface area contributed by atoms with Crippen LogP contribution in [0.4, 0.5) is 8.78 Å². The predicted molar refractivity (Wildman–Crippen MR) is 69.3 cm³/mol. The molecule has 0 radical (unpaired) electrons. The zero-order chi connectivity index (χ0) is 13.8. The van der Waals surface area contributed by atoms with Crippen molar-refractivity contribution < 1.29 is 18.3 Å². The number of hydrogen-bond donors (Lipinski definition) is 0.